The maximum absolute atomic E-state index is 6.73. The number of allylic oxidation sites excluding steroid dienone is 2. The first-order valence-corrected chi connectivity index (χ1v) is 15.1. The molecule has 4 fully saturated rings. The minimum Gasteiger partial charge on any atom is -0.374 e. The van der Waals surface area contributed by atoms with E-state index in [0.29, 0.717) is 23.3 Å². The third kappa shape index (κ3) is 4.15. The van der Waals surface area contributed by atoms with E-state index in [4.69, 9.17) is 10.5 Å². The Morgan fingerprint density at radius 1 is 0.972 bits per heavy atom. The van der Waals surface area contributed by atoms with Crippen LogP contribution in [0.5, 0.6) is 0 Å². The van der Waals surface area contributed by atoms with Crippen LogP contribution < -0.4 is 5.73 Å². The Balaban J connectivity index is 1.36. The average Bonchev–Trinajstić information content (AvgIpc) is 3.18. The number of ether oxygens (including phenoxy) is 1. The number of nitrogens with two attached hydrogens (primary N) is 1. The maximum Gasteiger partial charge on any atom is 0.0691 e. The van der Waals surface area contributed by atoms with Crippen molar-refractivity contribution in [2.75, 3.05) is 13.2 Å². The van der Waals surface area contributed by atoms with Crippen LogP contribution in [0.4, 0.5) is 0 Å². The molecule has 0 aromatic heterocycles. The van der Waals surface area contributed by atoms with Gasteiger partial charge in [-0.1, -0.05) is 75.3 Å². The van der Waals surface area contributed by atoms with Crippen molar-refractivity contribution in [3.05, 3.63) is 52.6 Å². The minimum atomic E-state index is 0.161. The molecule has 5 aliphatic rings. The largest absolute Gasteiger partial charge is 0.374 e. The molecule has 1 aromatic carbocycles. The number of hydrogen-bond donors (Lipinski definition) is 1. The van der Waals surface area contributed by atoms with Gasteiger partial charge in [-0.25, -0.2) is 0 Å². The van der Waals surface area contributed by atoms with Gasteiger partial charge in [-0.15, -0.1) is 0 Å². The molecule has 2 nitrogen and oxygen atoms in total. The van der Waals surface area contributed by atoms with Crippen LogP contribution in [0.15, 0.2) is 41.5 Å². The lowest BCUT2D eigenvalue weighted by Crippen LogP contribution is -2.48. The lowest BCUT2D eigenvalue weighted by molar-refractivity contribution is -0.144. The van der Waals surface area contributed by atoms with Gasteiger partial charge < -0.3 is 10.5 Å². The number of fused-ring (bicyclic) bond motifs is 4. The van der Waals surface area contributed by atoms with Crippen molar-refractivity contribution in [2.45, 2.75) is 103 Å². The predicted octanol–water partition coefficient (Wildman–Crippen LogP) is 8.28. The molecule has 7 atom stereocenters. The monoisotopic (exact) mass is 487 g/mol. The molecular weight excluding hydrogens is 438 g/mol. The van der Waals surface area contributed by atoms with E-state index in [-0.39, 0.29) is 5.60 Å². The lowest BCUT2D eigenvalue weighted by atomic mass is 9.50. The Morgan fingerprint density at radius 2 is 1.78 bits per heavy atom. The molecule has 0 bridgehead atoms. The highest BCUT2D eigenvalue weighted by Crippen LogP contribution is 2.66. The number of rotatable bonds is 3. The van der Waals surface area contributed by atoms with Gasteiger partial charge in [0.2, 0.25) is 0 Å². The molecule has 0 radical (unpaired) electrons. The summed E-state index contributed by atoms with van der Waals surface area (Å²) < 4.78 is 6.73. The molecule has 6 rings (SSSR count). The SMILES string of the molecule is CC1CCC2C3CCC4CC5(CCC4=C3C(c3ccc(/C=C/CN)cc3)CC12C)CCC(C)(C)CO5. The Bertz CT molecular complexity index is 1020. The van der Waals surface area contributed by atoms with Gasteiger partial charge in [0.1, 0.15) is 0 Å². The van der Waals surface area contributed by atoms with Crippen LogP contribution in [0, 0.1) is 34.5 Å². The molecule has 2 N–H and O–H groups in total. The molecule has 7 unspecified atom stereocenters. The van der Waals surface area contributed by atoms with Gasteiger partial charge >= 0.3 is 0 Å². The Morgan fingerprint density at radius 3 is 2.50 bits per heavy atom. The molecule has 196 valence electrons. The maximum atomic E-state index is 6.73. The first-order chi connectivity index (χ1) is 17.2. The lowest BCUT2D eigenvalue weighted by Gasteiger charge is -2.56. The van der Waals surface area contributed by atoms with E-state index in [9.17, 15) is 0 Å². The standard InChI is InChI=1S/C34H49NO/c1-23-7-14-30-28-13-12-26-20-34(18-17-32(2,3)22-36-34)16-15-27(26)31(28)29(21-33(23,30)4)25-10-8-24(9-11-25)6-5-19-35/h5-6,8-11,23,26,28-30H,7,12-22,35H2,1-4H3/b6-5+. The summed E-state index contributed by atoms with van der Waals surface area (Å²) in [5, 5.41) is 0. The van der Waals surface area contributed by atoms with Crippen molar-refractivity contribution in [1.29, 1.82) is 0 Å². The summed E-state index contributed by atoms with van der Waals surface area (Å²) in [6.45, 7) is 11.5. The van der Waals surface area contributed by atoms with Crippen molar-refractivity contribution < 1.29 is 4.74 Å². The second-order valence-electron chi connectivity index (χ2n) is 14.4. The molecule has 2 heteroatoms. The summed E-state index contributed by atoms with van der Waals surface area (Å²) >= 11 is 0. The summed E-state index contributed by atoms with van der Waals surface area (Å²) in [5.41, 5.74) is 13.3. The van der Waals surface area contributed by atoms with Crippen LogP contribution >= 0.6 is 0 Å². The van der Waals surface area contributed by atoms with E-state index < -0.39 is 0 Å². The van der Waals surface area contributed by atoms with Gasteiger partial charge in [-0.05, 0) is 110 Å². The van der Waals surface area contributed by atoms with E-state index in [1.807, 2.05) is 11.1 Å². The van der Waals surface area contributed by atoms with E-state index in [1.54, 1.807) is 5.56 Å². The summed E-state index contributed by atoms with van der Waals surface area (Å²) in [6, 6.07) is 9.52. The number of benzene rings is 1. The third-order valence-electron chi connectivity index (χ3n) is 11.8. The second-order valence-corrected chi connectivity index (χ2v) is 14.4. The van der Waals surface area contributed by atoms with Crippen molar-refractivity contribution in [1.82, 2.24) is 0 Å². The van der Waals surface area contributed by atoms with Crippen molar-refractivity contribution in [2.24, 2.45) is 40.2 Å². The van der Waals surface area contributed by atoms with Crippen LogP contribution in [-0.4, -0.2) is 18.8 Å². The van der Waals surface area contributed by atoms with Crippen LogP contribution in [0.25, 0.3) is 6.08 Å². The fourth-order valence-corrected chi connectivity index (χ4v) is 9.35. The van der Waals surface area contributed by atoms with E-state index >= 15 is 0 Å². The molecule has 0 amide bonds. The molecule has 36 heavy (non-hydrogen) atoms. The fourth-order valence-electron chi connectivity index (χ4n) is 9.35. The van der Waals surface area contributed by atoms with E-state index in [2.05, 4.69) is 64.1 Å². The second kappa shape index (κ2) is 9.12. The van der Waals surface area contributed by atoms with Gasteiger partial charge in [0, 0.05) is 12.5 Å². The normalized spacial score (nSPS) is 41.9. The first-order valence-electron chi connectivity index (χ1n) is 15.1. The third-order valence-corrected chi connectivity index (χ3v) is 11.8. The highest BCUT2D eigenvalue weighted by Gasteiger charge is 2.56. The van der Waals surface area contributed by atoms with Gasteiger partial charge in [0.05, 0.1) is 12.2 Å². The first kappa shape index (κ1) is 24.9. The smallest absolute Gasteiger partial charge is 0.0691 e. The molecule has 1 aliphatic heterocycles. The summed E-state index contributed by atoms with van der Waals surface area (Å²) in [5.74, 6) is 3.89. The van der Waals surface area contributed by atoms with Crippen molar-refractivity contribution in [3.8, 4) is 0 Å². The molecule has 1 aromatic rings. The summed E-state index contributed by atoms with van der Waals surface area (Å²) in [4.78, 5) is 0. The van der Waals surface area contributed by atoms with Gasteiger partial charge in [0.25, 0.3) is 0 Å². The molecule has 1 spiro atoms. The molecule has 1 heterocycles. The minimum absolute atomic E-state index is 0.161. The molecule has 3 saturated carbocycles. The summed E-state index contributed by atoms with van der Waals surface area (Å²) in [7, 11) is 0. The Labute approximate surface area is 220 Å². The fraction of sp³-hybridized carbons (Fsp3) is 0.706. The zero-order valence-corrected chi connectivity index (χ0v) is 23.3. The average molecular weight is 488 g/mol. The van der Waals surface area contributed by atoms with Gasteiger partial charge in [0.15, 0.2) is 0 Å². The zero-order chi connectivity index (χ0) is 25.1. The van der Waals surface area contributed by atoms with Gasteiger partial charge in [-0.3, -0.25) is 0 Å². The van der Waals surface area contributed by atoms with Crippen LogP contribution in [0.2, 0.25) is 0 Å². The zero-order valence-electron chi connectivity index (χ0n) is 23.3. The van der Waals surface area contributed by atoms with Crippen molar-refractivity contribution >= 4 is 6.08 Å². The van der Waals surface area contributed by atoms with Crippen molar-refractivity contribution in [3.63, 3.8) is 0 Å². The van der Waals surface area contributed by atoms with Gasteiger partial charge in [-0.2, -0.15) is 0 Å². The van der Waals surface area contributed by atoms with Crippen LogP contribution in [0.3, 0.4) is 0 Å². The quantitative estimate of drug-likeness (QED) is 0.435. The van der Waals surface area contributed by atoms with Crippen LogP contribution in [0.1, 0.15) is 109 Å². The van der Waals surface area contributed by atoms with Crippen LogP contribution in [-0.2, 0) is 4.74 Å². The molecular formula is C34H49NO. The van der Waals surface area contributed by atoms with E-state index in [1.165, 1.54) is 69.8 Å². The Kier molecular flexibility index (Phi) is 6.32. The highest BCUT2D eigenvalue weighted by molar-refractivity contribution is 5.51. The highest BCUT2D eigenvalue weighted by atomic mass is 16.5. The molecule has 4 aliphatic carbocycles. The number of hydrogen-bond acceptors (Lipinski definition) is 2. The Hall–Kier alpha value is -1.38. The predicted molar refractivity (Wildman–Crippen MR) is 151 cm³/mol. The molecule has 1 saturated heterocycles. The topological polar surface area (TPSA) is 35.2 Å². The summed E-state index contributed by atoms with van der Waals surface area (Å²) in [6.07, 6.45) is 17.6. The van der Waals surface area contributed by atoms with E-state index in [0.717, 1.165) is 30.3 Å².